The second-order valence-corrected chi connectivity index (χ2v) is 3.10. The molecule has 76 valence electrons. The average Bonchev–Trinajstić information content (AvgIpc) is 2.26. The summed E-state index contributed by atoms with van der Waals surface area (Å²) < 4.78 is 0. The molecule has 0 bridgehead atoms. The van der Waals surface area contributed by atoms with Crippen molar-refractivity contribution in [1.29, 1.82) is 0 Å². The largest absolute Gasteiger partial charge is 0.277 e. The van der Waals surface area contributed by atoms with Crippen LogP contribution in [-0.4, -0.2) is 18.7 Å². The molecule has 1 aromatic carbocycles. The van der Waals surface area contributed by atoms with Crippen LogP contribution in [0.3, 0.4) is 0 Å². The lowest BCUT2D eigenvalue weighted by atomic mass is 10.2. The minimum Gasteiger partial charge on any atom is -0.277 e. The zero-order chi connectivity index (χ0) is 10.4. The lowest BCUT2D eigenvalue weighted by molar-refractivity contribution is -0.0751. The number of hydroxylamine groups is 2. The third-order valence-corrected chi connectivity index (χ3v) is 2.06. The molecule has 0 aliphatic heterocycles. The molecule has 0 saturated carbocycles. The Bertz CT molecular complexity index is 282. The van der Waals surface area contributed by atoms with Gasteiger partial charge in [-0.1, -0.05) is 43.8 Å². The van der Waals surface area contributed by atoms with Crippen LogP contribution in [0.4, 0.5) is 0 Å². The SMILES string of the molecule is C=C(c1ccccc1)N(CCC)OC. The van der Waals surface area contributed by atoms with Crippen LogP contribution in [0.1, 0.15) is 18.9 Å². The van der Waals surface area contributed by atoms with Crippen LogP contribution in [0.2, 0.25) is 0 Å². The summed E-state index contributed by atoms with van der Waals surface area (Å²) in [5, 5.41) is 1.81. The van der Waals surface area contributed by atoms with Crippen LogP contribution in [-0.2, 0) is 4.84 Å². The van der Waals surface area contributed by atoms with Gasteiger partial charge in [-0.2, -0.15) is 0 Å². The number of rotatable bonds is 5. The van der Waals surface area contributed by atoms with Gasteiger partial charge in [0, 0.05) is 6.54 Å². The second kappa shape index (κ2) is 5.45. The fourth-order valence-corrected chi connectivity index (χ4v) is 1.31. The van der Waals surface area contributed by atoms with Crippen molar-refractivity contribution < 1.29 is 4.84 Å². The zero-order valence-electron chi connectivity index (χ0n) is 8.86. The van der Waals surface area contributed by atoms with Gasteiger partial charge in [0.15, 0.2) is 0 Å². The van der Waals surface area contributed by atoms with Gasteiger partial charge in [0.25, 0.3) is 0 Å². The van der Waals surface area contributed by atoms with E-state index in [0.29, 0.717) is 0 Å². The summed E-state index contributed by atoms with van der Waals surface area (Å²) in [6.45, 7) is 7.00. The molecule has 1 aromatic rings. The third-order valence-electron chi connectivity index (χ3n) is 2.06. The van der Waals surface area contributed by atoms with Gasteiger partial charge in [-0.25, -0.2) is 0 Å². The van der Waals surface area contributed by atoms with Crippen molar-refractivity contribution >= 4 is 5.70 Å². The highest BCUT2D eigenvalue weighted by Crippen LogP contribution is 2.16. The minimum atomic E-state index is 0.865. The molecule has 0 fully saturated rings. The highest BCUT2D eigenvalue weighted by molar-refractivity contribution is 5.60. The Kier molecular flexibility index (Phi) is 4.20. The Labute approximate surface area is 85.8 Å². The van der Waals surface area contributed by atoms with E-state index < -0.39 is 0 Å². The molecule has 0 atom stereocenters. The van der Waals surface area contributed by atoms with E-state index in [9.17, 15) is 0 Å². The second-order valence-electron chi connectivity index (χ2n) is 3.10. The van der Waals surface area contributed by atoms with Crippen molar-refractivity contribution in [3.8, 4) is 0 Å². The number of hydrogen-bond acceptors (Lipinski definition) is 2. The smallest absolute Gasteiger partial charge is 0.0639 e. The van der Waals surface area contributed by atoms with Gasteiger partial charge in [0.05, 0.1) is 12.8 Å². The fourth-order valence-electron chi connectivity index (χ4n) is 1.31. The minimum absolute atomic E-state index is 0.865. The summed E-state index contributed by atoms with van der Waals surface area (Å²) in [4.78, 5) is 5.24. The van der Waals surface area contributed by atoms with E-state index in [2.05, 4.69) is 13.5 Å². The summed E-state index contributed by atoms with van der Waals surface area (Å²) in [7, 11) is 1.67. The first kappa shape index (κ1) is 10.8. The van der Waals surface area contributed by atoms with Crippen LogP contribution in [0.5, 0.6) is 0 Å². The van der Waals surface area contributed by atoms with Crippen LogP contribution in [0, 0.1) is 0 Å². The monoisotopic (exact) mass is 191 g/mol. The van der Waals surface area contributed by atoms with Crippen LogP contribution >= 0.6 is 0 Å². The molecule has 0 aromatic heterocycles. The molecule has 0 spiro atoms. The van der Waals surface area contributed by atoms with E-state index in [1.54, 1.807) is 7.11 Å². The summed E-state index contributed by atoms with van der Waals surface area (Å²) in [5.41, 5.74) is 2.01. The van der Waals surface area contributed by atoms with E-state index in [0.717, 1.165) is 24.2 Å². The topological polar surface area (TPSA) is 12.5 Å². The Morgan fingerprint density at radius 3 is 2.50 bits per heavy atom. The molecule has 0 radical (unpaired) electrons. The van der Waals surface area contributed by atoms with Crippen LogP contribution in [0.15, 0.2) is 36.9 Å². The average molecular weight is 191 g/mol. The highest BCUT2D eigenvalue weighted by atomic mass is 16.7. The molecular weight excluding hydrogens is 174 g/mol. The van der Waals surface area contributed by atoms with Crippen molar-refractivity contribution in [3.63, 3.8) is 0 Å². The number of hydrogen-bond donors (Lipinski definition) is 0. The molecule has 0 unspecified atom stereocenters. The molecule has 0 aliphatic carbocycles. The Morgan fingerprint density at radius 2 is 2.00 bits per heavy atom. The number of benzene rings is 1. The van der Waals surface area contributed by atoms with Gasteiger partial charge in [-0.15, -0.1) is 0 Å². The maximum absolute atomic E-state index is 5.24. The zero-order valence-corrected chi connectivity index (χ0v) is 8.86. The van der Waals surface area contributed by atoms with Gasteiger partial charge in [0.2, 0.25) is 0 Å². The number of nitrogens with zero attached hydrogens (tertiary/aromatic N) is 1. The standard InChI is InChI=1S/C12H17NO/c1-4-10-13(14-3)11(2)12-8-6-5-7-9-12/h5-9H,2,4,10H2,1,3H3. The predicted octanol–water partition coefficient (Wildman–Crippen LogP) is 2.93. The molecule has 0 heterocycles. The maximum Gasteiger partial charge on any atom is 0.0639 e. The first-order valence-corrected chi connectivity index (χ1v) is 4.85. The van der Waals surface area contributed by atoms with Gasteiger partial charge >= 0.3 is 0 Å². The Hall–Kier alpha value is -1.28. The molecule has 2 heteroatoms. The summed E-state index contributed by atoms with van der Waals surface area (Å²) in [5.74, 6) is 0. The Morgan fingerprint density at radius 1 is 1.36 bits per heavy atom. The van der Waals surface area contributed by atoms with Crippen LogP contribution in [0.25, 0.3) is 5.70 Å². The van der Waals surface area contributed by atoms with Crippen molar-refractivity contribution in [2.45, 2.75) is 13.3 Å². The van der Waals surface area contributed by atoms with Crippen molar-refractivity contribution in [2.24, 2.45) is 0 Å². The molecule has 0 amide bonds. The fraction of sp³-hybridized carbons (Fsp3) is 0.333. The maximum atomic E-state index is 5.24. The predicted molar refractivity (Wildman–Crippen MR) is 59.5 cm³/mol. The van der Waals surface area contributed by atoms with E-state index in [4.69, 9.17) is 4.84 Å². The first-order chi connectivity index (χ1) is 6.79. The molecular formula is C12H17NO. The first-order valence-electron chi connectivity index (χ1n) is 4.85. The highest BCUT2D eigenvalue weighted by Gasteiger charge is 2.06. The Balaban J connectivity index is 2.73. The van der Waals surface area contributed by atoms with Crippen molar-refractivity contribution in [2.75, 3.05) is 13.7 Å². The van der Waals surface area contributed by atoms with Gasteiger partial charge in [-0.05, 0) is 12.0 Å². The summed E-state index contributed by atoms with van der Waals surface area (Å²) in [6.07, 6.45) is 1.04. The van der Waals surface area contributed by atoms with E-state index in [1.165, 1.54) is 0 Å². The van der Waals surface area contributed by atoms with Gasteiger partial charge in [-0.3, -0.25) is 9.90 Å². The normalized spacial score (nSPS) is 9.86. The molecule has 2 nitrogen and oxygen atoms in total. The molecule has 0 saturated heterocycles. The van der Waals surface area contributed by atoms with E-state index >= 15 is 0 Å². The third kappa shape index (κ3) is 2.60. The van der Waals surface area contributed by atoms with Crippen molar-refractivity contribution in [1.82, 2.24) is 5.06 Å². The van der Waals surface area contributed by atoms with Gasteiger partial charge < -0.3 is 0 Å². The summed E-state index contributed by atoms with van der Waals surface area (Å²) in [6, 6.07) is 10.1. The summed E-state index contributed by atoms with van der Waals surface area (Å²) >= 11 is 0. The molecule has 14 heavy (non-hydrogen) atoms. The van der Waals surface area contributed by atoms with E-state index in [1.807, 2.05) is 35.4 Å². The lowest BCUT2D eigenvalue weighted by Crippen LogP contribution is -2.20. The molecule has 0 N–H and O–H groups in total. The van der Waals surface area contributed by atoms with Crippen LogP contribution < -0.4 is 0 Å². The quantitative estimate of drug-likeness (QED) is 0.663. The van der Waals surface area contributed by atoms with Crippen molar-refractivity contribution in [3.05, 3.63) is 42.5 Å². The molecule has 1 rings (SSSR count). The van der Waals surface area contributed by atoms with E-state index in [-0.39, 0.29) is 0 Å². The van der Waals surface area contributed by atoms with Gasteiger partial charge in [0.1, 0.15) is 0 Å². The lowest BCUT2D eigenvalue weighted by Gasteiger charge is -2.23. The molecule has 0 aliphatic rings.